The first-order chi connectivity index (χ1) is 20.0. The van der Waals surface area contributed by atoms with Crippen LogP contribution < -0.4 is 15.5 Å². The van der Waals surface area contributed by atoms with Crippen LogP contribution in [0.4, 0.5) is 17.1 Å². The maximum absolute atomic E-state index is 10.2. The van der Waals surface area contributed by atoms with Crippen molar-refractivity contribution in [3.63, 3.8) is 0 Å². The third-order valence-electron chi connectivity index (χ3n) is 8.37. The Morgan fingerprint density at radius 2 is 1.43 bits per heavy atom. The molecule has 0 radical (unpaired) electrons. The molecule has 1 fully saturated rings. The Morgan fingerprint density at radius 3 is 2.02 bits per heavy atom. The standard InChI is InChI=1S/C37H45N3O2/c1-7-36(3,4)29-15-11-27(12-16-29)34-25-33(35(42-34)28-13-17-31(18-14-28)39-37(5,6)41)26(2)38-30-19-21-32(22-20-30)40-23-9-8-10-24-40/h11-22,25,38-39,41H,2,7-10,23-24H2,1,3-6H3. The van der Waals surface area contributed by atoms with Gasteiger partial charge in [0.25, 0.3) is 0 Å². The highest BCUT2D eigenvalue weighted by Gasteiger charge is 2.21. The van der Waals surface area contributed by atoms with Crippen LogP contribution in [0.1, 0.15) is 71.4 Å². The molecule has 3 aromatic carbocycles. The number of aliphatic hydroxyl groups is 1. The largest absolute Gasteiger partial charge is 0.455 e. The molecule has 0 aliphatic carbocycles. The summed E-state index contributed by atoms with van der Waals surface area (Å²) in [5.41, 5.74) is 7.16. The van der Waals surface area contributed by atoms with Crippen LogP contribution >= 0.6 is 0 Å². The molecule has 1 saturated heterocycles. The van der Waals surface area contributed by atoms with Gasteiger partial charge in [-0.25, -0.2) is 0 Å². The highest BCUT2D eigenvalue weighted by Crippen LogP contribution is 2.38. The fourth-order valence-electron chi connectivity index (χ4n) is 5.47. The number of piperidine rings is 1. The number of nitrogens with one attached hydrogen (secondary N) is 2. The Hall–Kier alpha value is -3.96. The number of furan rings is 1. The highest BCUT2D eigenvalue weighted by atomic mass is 16.3. The van der Waals surface area contributed by atoms with E-state index in [1.54, 1.807) is 13.8 Å². The first kappa shape index (κ1) is 29.5. The summed E-state index contributed by atoms with van der Waals surface area (Å²) in [6, 6.07) is 27.3. The van der Waals surface area contributed by atoms with E-state index in [0.717, 1.165) is 64.8 Å². The lowest BCUT2D eigenvalue weighted by atomic mass is 9.82. The van der Waals surface area contributed by atoms with Crippen LogP contribution in [0.5, 0.6) is 0 Å². The van der Waals surface area contributed by atoms with Crippen molar-refractivity contribution in [3.8, 4) is 22.6 Å². The lowest BCUT2D eigenvalue weighted by molar-refractivity contribution is 0.111. The van der Waals surface area contributed by atoms with Crippen LogP contribution in [0.25, 0.3) is 28.3 Å². The van der Waals surface area contributed by atoms with E-state index in [4.69, 9.17) is 4.42 Å². The molecule has 42 heavy (non-hydrogen) atoms. The van der Waals surface area contributed by atoms with Gasteiger partial charge in [0.1, 0.15) is 17.2 Å². The van der Waals surface area contributed by atoms with E-state index < -0.39 is 5.72 Å². The van der Waals surface area contributed by atoms with Crippen molar-refractivity contribution in [1.82, 2.24) is 0 Å². The topological polar surface area (TPSA) is 60.7 Å². The highest BCUT2D eigenvalue weighted by molar-refractivity contribution is 5.86. The molecule has 0 spiro atoms. The van der Waals surface area contributed by atoms with Gasteiger partial charge in [-0.3, -0.25) is 0 Å². The summed E-state index contributed by atoms with van der Waals surface area (Å²) in [5.74, 6) is 1.54. The van der Waals surface area contributed by atoms with Gasteiger partial charge in [0.2, 0.25) is 0 Å². The number of hydrogen-bond donors (Lipinski definition) is 3. The van der Waals surface area contributed by atoms with Crippen LogP contribution in [-0.4, -0.2) is 23.9 Å². The van der Waals surface area contributed by atoms with E-state index in [9.17, 15) is 5.11 Å². The lowest BCUT2D eigenvalue weighted by Crippen LogP contribution is -2.29. The van der Waals surface area contributed by atoms with Crippen LogP contribution in [0, 0.1) is 0 Å². The average Bonchev–Trinajstić information content (AvgIpc) is 3.43. The van der Waals surface area contributed by atoms with Gasteiger partial charge in [0.15, 0.2) is 0 Å². The molecule has 1 aromatic heterocycles. The molecule has 1 aliphatic heterocycles. The van der Waals surface area contributed by atoms with Gasteiger partial charge in [0, 0.05) is 52.5 Å². The SMILES string of the molecule is C=C(Nc1ccc(N2CCCCC2)cc1)c1cc(-c2ccc(C(C)(C)CC)cc2)oc1-c1ccc(NC(C)(C)O)cc1. The van der Waals surface area contributed by atoms with Crippen molar-refractivity contribution >= 4 is 22.8 Å². The third kappa shape index (κ3) is 6.91. The molecule has 5 nitrogen and oxygen atoms in total. The fraction of sp³-hybridized carbons (Fsp3) is 0.351. The van der Waals surface area contributed by atoms with Crippen LogP contribution in [-0.2, 0) is 5.41 Å². The smallest absolute Gasteiger partial charge is 0.144 e. The summed E-state index contributed by atoms with van der Waals surface area (Å²) in [6.07, 6.45) is 4.92. The van der Waals surface area contributed by atoms with E-state index in [0.29, 0.717) is 0 Å². The van der Waals surface area contributed by atoms with Crippen LogP contribution in [0.3, 0.4) is 0 Å². The Balaban J connectivity index is 1.44. The summed E-state index contributed by atoms with van der Waals surface area (Å²) in [7, 11) is 0. The van der Waals surface area contributed by atoms with Gasteiger partial charge in [-0.1, -0.05) is 51.6 Å². The molecular formula is C37H45N3O2. The van der Waals surface area contributed by atoms with Crippen molar-refractivity contribution < 1.29 is 9.52 Å². The first-order valence-corrected chi connectivity index (χ1v) is 15.2. The Morgan fingerprint density at radius 1 is 0.833 bits per heavy atom. The summed E-state index contributed by atoms with van der Waals surface area (Å²) in [5, 5.41) is 16.8. The number of rotatable bonds is 10. The van der Waals surface area contributed by atoms with Gasteiger partial charge in [0.05, 0.1) is 0 Å². The zero-order chi connectivity index (χ0) is 29.9. The molecule has 0 saturated carbocycles. The van der Waals surface area contributed by atoms with E-state index >= 15 is 0 Å². The van der Waals surface area contributed by atoms with Gasteiger partial charge in [-0.05, 0) is 105 Å². The number of hydrogen-bond acceptors (Lipinski definition) is 5. The second-order valence-electron chi connectivity index (χ2n) is 12.6. The number of benzene rings is 3. The van der Waals surface area contributed by atoms with Crippen molar-refractivity contribution in [3.05, 3.63) is 96.6 Å². The molecular weight excluding hydrogens is 518 g/mol. The second-order valence-corrected chi connectivity index (χ2v) is 12.6. The van der Waals surface area contributed by atoms with Crippen molar-refractivity contribution in [2.75, 3.05) is 28.6 Å². The van der Waals surface area contributed by atoms with Crippen LogP contribution in [0.15, 0.2) is 89.9 Å². The molecule has 5 rings (SSSR count). The third-order valence-corrected chi connectivity index (χ3v) is 8.37. The molecule has 1 aliphatic rings. The first-order valence-electron chi connectivity index (χ1n) is 15.2. The minimum atomic E-state index is -1.01. The molecule has 3 N–H and O–H groups in total. The fourth-order valence-corrected chi connectivity index (χ4v) is 5.47. The molecule has 5 heteroatoms. The Bertz CT molecular complexity index is 1480. The Labute approximate surface area is 251 Å². The summed E-state index contributed by atoms with van der Waals surface area (Å²) in [4.78, 5) is 2.46. The van der Waals surface area contributed by atoms with Crippen LogP contribution in [0.2, 0.25) is 0 Å². The van der Waals surface area contributed by atoms with Gasteiger partial charge in [-0.2, -0.15) is 0 Å². The molecule has 2 heterocycles. The molecule has 220 valence electrons. The maximum Gasteiger partial charge on any atom is 0.144 e. The monoisotopic (exact) mass is 563 g/mol. The molecule has 0 bridgehead atoms. The normalized spacial score (nSPS) is 14.1. The second kappa shape index (κ2) is 12.1. The van der Waals surface area contributed by atoms with Gasteiger partial charge < -0.3 is 25.1 Å². The molecule has 0 unspecified atom stereocenters. The minimum Gasteiger partial charge on any atom is -0.455 e. The number of anilines is 3. The van der Waals surface area contributed by atoms with E-state index in [-0.39, 0.29) is 5.41 Å². The molecule has 0 atom stereocenters. The number of nitrogens with zero attached hydrogens (tertiary/aromatic N) is 1. The summed E-state index contributed by atoms with van der Waals surface area (Å²) in [6.45, 7) is 16.9. The quantitative estimate of drug-likeness (QED) is 0.168. The average molecular weight is 564 g/mol. The minimum absolute atomic E-state index is 0.124. The molecule has 0 amide bonds. The lowest BCUT2D eigenvalue weighted by Gasteiger charge is -2.28. The Kier molecular flexibility index (Phi) is 8.51. The van der Waals surface area contributed by atoms with Crippen molar-refractivity contribution in [1.29, 1.82) is 0 Å². The zero-order valence-electron chi connectivity index (χ0n) is 25.8. The van der Waals surface area contributed by atoms with E-state index in [1.807, 2.05) is 24.3 Å². The maximum atomic E-state index is 10.2. The predicted molar refractivity (Wildman–Crippen MR) is 178 cm³/mol. The summed E-state index contributed by atoms with van der Waals surface area (Å²) >= 11 is 0. The zero-order valence-corrected chi connectivity index (χ0v) is 25.8. The summed E-state index contributed by atoms with van der Waals surface area (Å²) < 4.78 is 6.56. The van der Waals surface area contributed by atoms with Crippen molar-refractivity contribution in [2.24, 2.45) is 0 Å². The van der Waals surface area contributed by atoms with E-state index in [2.05, 4.69) is 97.5 Å². The molecule has 4 aromatic rings. The predicted octanol–water partition coefficient (Wildman–Crippen LogP) is 9.51. The van der Waals surface area contributed by atoms with Gasteiger partial charge >= 0.3 is 0 Å². The van der Waals surface area contributed by atoms with Gasteiger partial charge in [-0.15, -0.1) is 0 Å². The van der Waals surface area contributed by atoms with Crippen molar-refractivity contribution in [2.45, 2.75) is 71.4 Å². The van der Waals surface area contributed by atoms with E-state index in [1.165, 1.54) is 30.5 Å².